The van der Waals surface area contributed by atoms with Crippen molar-refractivity contribution in [2.75, 3.05) is 6.61 Å². The monoisotopic (exact) mass is 245 g/mol. The van der Waals surface area contributed by atoms with Gasteiger partial charge in [0.2, 0.25) is 0 Å². The summed E-state index contributed by atoms with van der Waals surface area (Å²) in [5.41, 5.74) is 0.728. The van der Waals surface area contributed by atoms with Crippen molar-refractivity contribution in [1.82, 2.24) is 0 Å². The first-order valence-corrected chi connectivity index (χ1v) is 7.22. The van der Waals surface area contributed by atoms with E-state index in [1.54, 1.807) is 0 Å². The summed E-state index contributed by atoms with van der Waals surface area (Å²) in [6.07, 6.45) is 10.1. The molecule has 1 radical (unpaired) electrons. The molecule has 4 aliphatic rings. The van der Waals surface area contributed by atoms with E-state index in [4.69, 9.17) is 17.0 Å². The molecule has 0 aromatic carbocycles. The minimum absolute atomic E-state index is 0.0764. The van der Waals surface area contributed by atoms with Gasteiger partial charge in [-0.2, -0.15) is 0 Å². The first-order valence-electron chi connectivity index (χ1n) is 7.22. The van der Waals surface area contributed by atoms with Crippen molar-refractivity contribution in [2.24, 2.45) is 17.8 Å². The minimum atomic E-state index is 0.0764. The molecule has 0 saturated heterocycles. The molecule has 0 N–H and O–H groups in total. The zero-order chi connectivity index (χ0) is 12.6. The Kier molecular flexibility index (Phi) is 3.25. The third-order valence-electron chi connectivity index (χ3n) is 4.91. The number of hydrogen-bond donors (Lipinski definition) is 0. The molecule has 0 aromatic rings. The fourth-order valence-electron chi connectivity index (χ4n) is 4.73. The number of rotatable bonds is 6. The Balaban J connectivity index is 1.58. The molecule has 4 saturated carbocycles. The average Bonchev–Trinajstić information content (AvgIpc) is 2.26. The normalized spacial score (nSPS) is 40.5. The molecule has 2 nitrogen and oxygen atoms in total. The van der Waals surface area contributed by atoms with Gasteiger partial charge >= 0.3 is 110 Å². The third kappa shape index (κ3) is 2.37. The second-order valence-electron chi connectivity index (χ2n) is 6.46. The van der Waals surface area contributed by atoms with Gasteiger partial charge in [0.1, 0.15) is 0 Å². The zero-order valence-electron chi connectivity index (χ0n) is 11.1. The van der Waals surface area contributed by atoms with Crippen LogP contribution in [-0.4, -0.2) is 25.3 Å². The molecule has 97 valence electrons. The molecule has 4 rings (SSSR count). The Bertz CT molecular complexity index is 315. The van der Waals surface area contributed by atoms with Crippen molar-refractivity contribution in [3.8, 4) is 0 Å². The van der Waals surface area contributed by atoms with E-state index in [-0.39, 0.29) is 5.60 Å². The summed E-state index contributed by atoms with van der Waals surface area (Å²) in [5, 5.41) is 0. The second-order valence-corrected chi connectivity index (χ2v) is 6.46. The van der Waals surface area contributed by atoms with Crippen LogP contribution in [0.1, 0.15) is 44.9 Å². The number of ether oxygens (including phenoxy) is 2. The fraction of sp³-hybridized carbons (Fsp3) is 0.800. The maximum atomic E-state index is 6.18. The molecule has 4 fully saturated rings. The SMILES string of the molecule is [B]=C(CCOC=C)OC12CC3CC(CC(C3)C1)C2. The van der Waals surface area contributed by atoms with E-state index in [0.717, 1.165) is 17.8 Å². The van der Waals surface area contributed by atoms with Gasteiger partial charge in [-0.25, -0.2) is 0 Å². The van der Waals surface area contributed by atoms with Crippen LogP contribution in [-0.2, 0) is 9.47 Å². The Labute approximate surface area is 111 Å². The van der Waals surface area contributed by atoms with Crippen molar-refractivity contribution in [3.63, 3.8) is 0 Å². The van der Waals surface area contributed by atoms with Crippen LogP contribution in [0.4, 0.5) is 0 Å². The quantitative estimate of drug-likeness (QED) is 0.407. The Hall–Kier alpha value is -0.725. The van der Waals surface area contributed by atoms with Crippen molar-refractivity contribution in [3.05, 3.63) is 12.8 Å². The van der Waals surface area contributed by atoms with Gasteiger partial charge in [-0.05, 0) is 0 Å². The van der Waals surface area contributed by atoms with E-state index < -0.39 is 0 Å². The van der Waals surface area contributed by atoms with E-state index >= 15 is 0 Å². The third-order valence-corrected chi connectivity index (χ3v) is 4.91. The van der Waals surface area contributed by atoms with Crippen molar-refractivity contribution in [1.29, 1.82) is 0 Å². The molecule has 4 aliphatic carbocycles. The van der Waals surface area contributed by atoms with E-state index in [9.17, 15) is 0 Å². The van der Waals surface area contributed by atoms with Gasteiger partial charge in [-0.3, -0.25) is 0 Å². The molecule has 0 amide bonds. The molecule has 0 aromatic heterocycles. The summed E-state index contributed by atoms with van der Waals surface area (Å²) >= 11 is 0. The Morgan fingerprint density at radius 2 is 1.72 bits per heavy atom. The van der Waals surface area contributed by atoms with Crippen LogP contribution >= 0.6 is 0 Å². The van der Waals surface area contributed by atoms with E-state index in [1.807, 2.05) is 0 Å². The van der Waals surface area contributed by atoms with E-state index in [1.165, 1.54) is 44.8 Å². The van der Waals surface area contributed by atoms with Gasteiger partial charge in [0.05, 0.1) is 0 Å². The summed E-state index contributed by atoms with van der Waals surface area (Å²) in [4.78, 5) is 0. The van der Waals surface area contributed by atoms with Gasteiger partial charge in [0.15, 0.2) is 0 Å². The van der Waals surface area contributed by atoms with Crippen LogP contribution in [0.2, 0.25) is 0 Å². The molecular weight excluding hydrogens is 223 g/mol. The fourth-order valence-corrected chi connectivity index (χ4v) is 4.73. The van der Waals surface area contributed by atoms with Crippen molar-refractivity contribution >= 4 is 13.1 Å². The van der Waals surface area contributed by atoms with Crippen LogP contribution in [0, 0.1) is 17.8 Å². The summed E-state index contributed by atoms with van der Waals surface area (Å²) in [6, 6.07) is 0. The number of hydrogen-bond acceptors (Lipinski definition) is 2. The second kappa shape index (κ2) is 4.75. The molecule has 0 spiro atoms. The molecule has 0 atom stereocenters. The van der Waals surface area contributed by atoms with Crippen molar-refractivity contribution < 1.29 is 9.47 Å². The van der Waals surface area contributed by atoms with Gasteiger partial charge < -0.3 is 0 Å². The van der Waals surface area contributed by atoms with Crippen molar-refractivity contribution in [2.45, 2.75) is 50.5 Å². The Morgan fingerprint density at radius 1 is 1.17 bits per heavy atom. The van der Waals surface area contributed by atoms with E-state index in [2.05, 4.69) is 6.58 Å². The molecule has 4 bridgehead atoms. The molecule has 18 heavy (non-hydrogen) atoms. The van der Waals surface area contributed by atoms with Crippen LogP contribution in [0.15, 0.2) is 12.8 Å². The first kappa shape index (κ1) is 12.3. The first-order chi connectivity index (χ1) is 8.69. The summed E-state index contributed by atoms with van der Waals surface area (Å²) < 4.78 is 11.3. The summed E-state index contributed by atoms with van der Waals surface area (Å²) in [6.45, 7) is 4.10. The summed E-state index contributed by atoms with van der Waals surface area (Å²) in [5.74, 6) is 2.69. The zero-order valence-corrected chi connectivity index (χ0v) is 11.1. The van der Waals surface area contributed by atoms with Gasteiger partial charge in [0, 0.05) is 0 Å². The molecule has 3 heteroatoms. The van der Waals surface area contributed by atoms with Crippen LogP contribution < -0.4 is 0 Å². The molecule has 0 unspecified atom stereocenters. The van der Waals surface area contributed by atoms with E-state index in [0.29, 0.717) is 18.7 Å². The van der Waals surface area contributed by atoms with Crippen LogP contribution in [0.25, 0.3) is 0 Å². The molecular formula is C15H22BO2. The van der Waals surface area contributed by atoms with Crippen LogP contribution in [0.5, 0.6) is 0 Å². The van der Waals surface area contributed by atoms with Gasteiger partial charge in [0.25, 0.3) is 0 Å². The standard InChI is InChI=1S/C15H22BO2/c1-2-17-4-3-14(16)18-15-8-11-5-12(9-15)7-13(6-11)10-15/h2,11-13H,1,3-10H2. The molecule has 0 aliphatic heterocycles. The van der Waals surface area contributed by atoms with Gasteiger partial charge in [-0.1, -0.05) is 0 Å². The molecule has 0 heterocycles. The maximum absolute atomic E-state index is 6.18. The summed E-state index contributed by atoms with van der Waals surface area (Å²) in [7, 11) is 6.02. The van der Waals surface area contributed by atoms with Gasteiger partial charge in [-0.15, -0.1) is 0 Å². The predicted octanol–water partition coefficient (Wildman–Crippen LogP) is 2.82. The average molecular weight is 245 g/mol. The topological polar surface area (TPSA) is 18.5 Å². The van der Waals surface area contributed by atoms with Crippen LogP contribution in [0.3, 0.4) is 0 Å². The predicted molar refractivity (Wildman–Crippen MR) is 73.5 cm³/mol. The Morgan fingerprint density at radius 3 is 2.22 bits per heavy atom.